The molecule has 25 heavy (non-hydrogen) atoms. The van der Waals surface area contributed by atoms with Crippen molar-refractivity contribution in [2.24, 2.45) is 22.7 Å². The number of rotatable bonds is 1. The van der Waals surface area contributed by atoms with E-state index in [1.165, 1.54) is 56.9 Å². The van der Waals surface area contributed by atoms with Crippen LogP contribution in [0.25, 0.3) is 0 Å². The van der Waals surface area contributed by atoms with Crippen LogP contribution in [0.2, 0.25) is 0 Å². The Morgan fingerprint density at radius 1 is 1.12 bits per heavy atom. The summed E-state index contributed by atoms with van der Waals surface area (Å²) in [4.78, 5) is 0. The zero-order chi connectivity index (χ0) is 17.2. The van der Waals surface area contributed by atoms with E-state index in [-0.39, 0.29) is 11.5 Å². The SMILES string of the molecule is COc1ccc2c(c1)CC[C@@H]1[C@@H]2CC[C@]2(C)[C@@H](O)C[C@@H]3CCCC[C@@]312. The Morgan fingerprint density at radius 2 is 2.00 bits per heavy atom. The predicted molar refractivity (Wildman–Crippen MR) is 99.9 cm³/mol. The van der Waals surface area contributed by atoms with Gasteiger partial charge in [0.15, 0.2) is 0 Å². The molecular weight excluding hydrogens is 308 g/mol. The Bertz CT molecular complexity index is 683. The number of aliphatic hydroxyl groups excluding tert-OH is 1. The first-order valence-corrected chi connectivity index (χ1v) is 10.4. The Kier molecular flexibility index (Phi) is 3.55. The zero-order valence-electron chi connectivity index (χ0n) is 15.8. The van der Waals surface area contributed by atoms with E-state index in [2.05, 4.69) is 25.1 Å². The molecule has 0 amide bonds. The molecule has 1 N–H and O–H groups in total. The smallest absolute Gasteiger partial charge is 0.119 e. The minimum Gasteiger partial charge on any atom is -0.497 e. The van der Waals surface area contributed by atoms with Crippen molar-refractivity contribution in [2.45, 2.75) is 76.7 Å². The van der Waals surface area contributed by atoms with Crippen LogP contribution >= 0.6 is 0 Å². The van der Waals surface area contributed by atoms with E-state index in [9.17, 15) is 5.11 Å². The van der Waals surface area contributed by atoms with Gasteiger partial charge in [0.2, 0.25) is 0 Å². The number of hydrogen-bond acceptors (Lipinski definition) is 2. The second-order valence-corrected chi connectivity index (χ2v) is 9.51. The van der Waals surface area contributed by atoms with Crippen molar-refractivity contribution in [1.82, 2.24) is 0 Å². The van der Waals surface area contributed by atoms with E-state index in [1.807, 2.05) is 0 Å². The van der Waals surface area contributed by atoms with Crippen LogP contribution in [0.15, 0.2) is 18.2 Å². The normalized spacial score (nSPS) is 45.1. The maximum Gasteiger partial charge on any atom is 0.119 e. The fourth-order valence-electron chi connectivity index (χ4n) is 7.95. The van der Waals surface area contributed by atoms with Gasteiger partial charge < -0.3 is 9.84 Å². The van der Waals surface area contributed by atoms with Crippen molar-refractivity contribution in [3.05, 3.63) is 29.3 Å². The summed E-state index contributed by atoms with van der Waals surface area (Å²) >= 11 is 0. The van der Waals surface area contributed by atoms with Gasteiger partial charge in [-0.25, -0.2) is 0 Å². The lowest BCUT2D eigenvalue weighted by atomic mass is 9.43. The molecule has 1 spiro atoms. The van der Waals surface area contributed by atoms with Crippen LogP contribution in [0.5, 0.6) is 5.75 Å². The van der Waals surface area contributed by atoms with Crippen molar-refractivity contribution in [1.29, 1.82) is 0 Å². The molecular formula is C23H32O2. The Hall–Kier alpha value is -1.02. The molecule has 0 unspecified atom stereocenters. The van der Waals surface area contributed by atoms with Gasteiger partial charge in [0.05, 0.1) is 13.2 Å². The molecule has 0 aromatic heterocycles. The lowest BCUT2D eigenvalue weighted by Crippen LogP contribution is -2.55. The van der Waals surface area contributed by atoms with E-state index in [0.717, 1.165) is 24.0 Å². The van der Waals surface area contributed by atoms with Crippen LogP contribution in [-0.4, -0.2) is 18.3 Å². The summed E-state index contributed by atoms with van der Waals surface area (Å²) < 4.78 is 5.47. The summed E-state index contributed by atoms with van der Waals surface area (Å²) in [6.45, 7) is 2.45. The fraction of sp³-hybridized carbons (Fsp3) is 0.739. The first-order chi connectivity index (χ1) is 12.1. The largest absolute Gasteiger partial charge is 0.497 e. The maximum atomic E-state index is 11.0. The molecule has 1 aromatic carbocycles. The standard InChI is InChI=1S/C23H32O2/c1-22-12-10-19-18-8-7-17(25-2)13-15(18)6-9-20(19)23(22)11-4-3-5-16(23)14-21(22)24/h7-8,13,16,19-21,24H,3-6,9-12,14H2,1-2H3/t16-,19+,20+,21-,22+,23+/m0/s1. The second-order valence-electron chi connectivity index (χ2n) is 9.51. The Labute approximate surface area is 152 Å². The Morgan fingerprint density at radius 3 is 2.84 bits per heavy atom. The van der Waals surface area contributed by atoms with Crippen LogP contribution in [0.1, 0.15) is 75.3 Å². The molecule has 0 heterocycles. The quantitative estimate of drug-likeness (QED) is 0.772. The van der Waals surface area contributed by atoms with Crippen molar-refractivity contribution in [3.8, 4) is 5.75 Å². The highest BCUT2D eigenvalue weighted by atomic mass is 16.5. The molecule has 3 fully saturated rings. The third-order valence-corrected chi connectivity index (χ3v) is 9.02. The molecule has 0 radical (unpaired) electrons. The average molecular weight is 341 g/mol. The third kappa shape index (κ3) is 1.95. The maximum absolute atomic E-state index is 11.0. The average Bonchev–Trinajstić information content (AvgIpc) is 2.88. The number of aryl methyl sites for hydroxylation is 1. The molecule has 2 heteroatoms. The predicted octanol–water partition coefficient (Wildman–Crippen LogP) is 5.08. The monoisotopic (exact) mass is 340 g/mol. The molecule has 2 nitrogen and oxygen atoms in total. The van der Waals surface area contributed by atoms with Crippen LogP contribution in [0, 0.1) is 22.7 Å². The molecule has 0 bridgehead atoms. The summed E-state index contributed by atoms with van der Waals surface area (Å²) in [7, 11) is 1.77. The van der Waals surface area contributed by atoms with Gasteiger partial charge in [-0.15, -0.1) is 0 Å². The molecule has 0 saturated heterocycles. The zero-order valence-corrected chi connectivity index (χ0v) is 15.8. The van der Waals surface area contributed by atoms with E-state index < -0.39 is 0 Å². The van der Waals surface area contributed by atoms with Crippen LogP contribution in [0.3, 0.4) is 0 Å². The highest BCUT2D eigenvalue weighted by Gasteiger charge is 2.68. The Balaban J connectivity index is 1.60. The van der Waals surface area contributed by atoms with Gasteiger partial charge in [0.1, 0.15) is 5.75 Å². The number of fused-ring (bicyclic) bond motifs is 3. The third-order valence-electron chi connectivity index (χ3n) is 9.02. The van der Waals surface area contributed by atoms with E-state index in [4.69, 9.17) is 4.74 Å². The van der Waals surface area contributed by atoms with Gasteiger partial charge in [-0.3, -0.25) is 0 Å². The number of hydrogen-bond donors (Lipinski definition) is 1. The van der Waals surface area contributed by atoms with Crippen LogP contribution in [0.4, 0.5) is 0 Å². The first kappa shape index (κ1) is 16.2. The van der Waals surface area contributed by atoms with Crippen molar-refractivity contribution in [2.75, 3.05) is 7.11 Å². The van der Waals surface area contributed by atoms with Gasteiger partial charge in [0, 0.05) is 0 Å². The van der Waals surface area contributed by atoms with Crippen molar-refractivity contribution >= 4 is 0 Å². The highest BCUT2D eigenvalue weighted by molar-refractivity contribution is 5.41. The van der Waals surface area contributed by atoms with Crippen LogP contribution in [-0.2, 0) is 6.42 Å². The summed E-state index contributed by atoms with van der Waals surface area (Å²) in [6.07, 6.45) is 11.4. The van der Waals surface area contributed by atoms with E-state index in [1.54, 1.807) is 12.7 Å². The number of ether oxygens (including phenoxy) is 1. The fourth-order valence-corrected chi connectivity index (χ4v) is 7.95. The molecule has 6 atom stereocenters. The summed E-state index contributed by atoms with van der Waals surface area (Å²) in [6, 6.07) is 6.79. The molecule has 5 rings (SSSR count). The van der Waals surface area contributed by atoms with Crippen molar-refractivity contribution in [3.63, 3.8) is 0 Å². The van der Waals surface area contributed by atoms with E-state index >= 15 is 0 Å². The number of aliphatic hydroxyl groups is 1. The van der Waals surface area contributed by atoms with Gasteiger partial charge in [-0.2, -0.15) is 0 Å². The molecule has 136 valence electrons. The summed E-state index contributed by atoms with van der Waals surface area (Å²) in [5.41, 5.74) is 3.67. The molecule has 4 aliphatic rings. The molecule has 3 saturated carbocycles. The van der Waals surface area contributed by atoms with Gasteiger partial charge >= 0.3 is 0 Å². The summed E-state index contributed by atoms with van der Waals surface area (Å²) in [5, 5.41) is 11.0. The highest BCUT2D eigenvalue weighted by Crippen LogP contribution is 2.73. The lowest BCUT2D eigenvalue weighted by molar-refractivity contribution is -0.126. The molecule has 4 aliphatic carbocycles. The van der Waals surface area contributed by atoms with Gasteiger partial charge in [0.25, 0.3) is 0 Å². The summed E-state index contributed by atoms with van der Waals surface area (Å²) in [5.74, 6) is 3.24. The number of methoxy groups -OCH3 is 1. The minimum absolute atomic E-state index is 0.0752. The van der Waals surface area contributed by atoms with E-state index in [0.29, 0.717) is 11.3 Å². The minimum atomic E-state index is -0.0752. The van der Waals surface area contributed by atoms with Crippen LogP contribution < -0.4 is 4.74 Å². The lowest BCUT2D eigenvalue weighted by Gasteiger charge is -2.61. The topological polar surface area (TPSA) is 29.5 Å². The van der Waals surface area contributed by atoms with Gasteiger partial charge in [-0.05, 0) is 96.8 Å². The van der Waals surface area contributed by atoms with Gasteiger partial charge in [-0.1, -0.05) is 25.8 Å². The first-order valence-electron chi connectivity index (χ1n) is 10.4. The van der Waals surface area contributed by atoms with Crippen molar-refractivity contribution < 1.29 is 9.84 Å². The molecule has 0 aliphatic heterocycles. The number of benzene rings is 1. The second kappa shape index (κ2) is 5.49. The molecule has 1 aromatic rings.